The highest BCUT2D eigenvalue weighted by molar-refractivity contribution is 5.89. The van der Waals surface area contributed by atoms with Crippen LogP contribution in [-0.4, -0.2) is 33.0 Å². The summed E-state index contributed by atoms with van der Waals surface area (Å²) in [5.41, 5.74) is 1.03. The molecular formula is C20H24N4O2. The molecule has 2 fully saturated rings. The molecule has 2 aromatic rings. The Morgan fingerprint density at radius 3 is 2.54 bits per heavy atom. The molecule has 2 aliphatic rings. The van der Waals surface area contributed by atoms with Crippen molar-refractivity contribution in [1.82, 2.24) is 20.1 Å². The van der Waals surface area contributed by atoms with Gasteiger partial charge in [0.05, 0.1) is 0 Å². The topological polar surface area (TPSA) is 76.9 Å². The molecule has 4 rings (SSSR count). The Bertz CT molecular complexity index is 798. The van der Waals surface area contributed by atoms with E-state index in [0.29, 0.717) is 18.7 Å². The second-order valence-corrected chi connectivity index (χ2v) is 7.45. The van der Waals surface area contributed by atoms with Gasteiger partial charge in [-0.1, -0.05) is 30.3 Å². The van der Waals surface area contributed by atoms with Gasteiger partial charge in [-0.15, -0.1) is 10.2 Å². The summed E-state index contributed by atoms with van der Waals surface area (Å²) in [5, 5.41) is 11.6. The number of carbonyl (C=O) groups is 2. The first-order valence-electron chi connectivity index (χ1n) is 9.38. The smallest absolute Gasteiger partial charge is 0.223 e. The zero-order valence-corrected chi connectivity index (χ0v) is 15.0. The molecule has 0 spiro atoms. The van der Waals surface area contributed by atoms with Gasteiger partial charge < -0.3 is 9.88 Å². The predicted octanol–water partition coefficient (Wildman–Crippen LogP) is 2.15. The number of aromatic nitrogens is 3. The normalized spacial score (nSPS) is 24.7. The van der Waals surface area contributed by atoms with Crippen LogP contribution < -0.4 is 5.32 Å². The molecule has 136 valence electrons. The molecule has 1 N–H and O–H groups in total. The number of benzene rings is 1. The highest BCUT2D eigenvalue weighted by Crippen LogP contribution is 2.41. The third kappa shape index (κ3) is 3.16. The first-order chi connectivity index (χ1) is 12.6. The fourth-order valence-electron chi connectivity index (χ4n) is 4.35. The average Bonchev–Trinajstić information content (AvgIpc) is 3.09. The van der Waals surface area contributed by atoms with E-state index in [-0.39, 0.29) is 23.7 Å². The Morgan fingerprint density at radius 2 is 1.85 bits per heavy atom. The third-order valence-corrected chi connectivity index (χ3v) is 5.82. The van der Waals surface area contributed by atoms with E-state index < -0.39 is 0 Å². The summed E-state index contributed by atoms with van der Waals surface area (Å²) in [6.45, 7) is 0.541. The summed E-state index contributed by atoms with van der Waals surface area (Å²) in [6.07, 6.45) is 4.02. The highest BCUT2D eigenvalue weighted by Gasteiger charge is 2.43. The maximum Gasteiger partial charge on any atom is 0.223 e. The number of carbonyl (C=O) groups excluding carboxylic acids is 2. The summed E-state index contributed by atoms with van der Waals surface area (Å²) in [7, 11) is 1.95. The second-order valence-electron chi connectivity index (χ2n) is 7.45. The lowest BCUT2D eigenvalue weighted by molar-refractivity contribution is -0.132. The van der Waals surface area contributed by atoms with Crippen molar-refractivity contribution < 1.29 is 9.59 Å². The molecule has 0 aliphatic heterocycles. The van der Waals surface area contributed by atoms with Crippen LogP contribution in [0.1, 0.15) is 31.5 Å². The van der Waals surface area contributed by atoms with Crippen LogP contribution in [0.15, 0.2) is 30.3 Å². The van der Waals surface area contributed by atoms with Gasteiger partial charge in [0, 0.05) is 43.3 Å². The number of nitrogens with one attached hydrogen (secondary N) is 1. The molecule has 26 heavy (non-hydrogen) atoms. The lowest BCUT2D eigenvalue weighted by atomic mass is 9.79. The summed E-state index contributed by atoms with van der Waals surface area (Å²) in [6, 6.07) is 9.95. The molecule has 2 bridgehead atoms. The van der Waals surface area contributed by atoms with Crippen molar-refractivity contribution in [3.05, 3.63) is 36.2 Å². The quantitative estimate of drug-likeness (QED) is 0.894. The zero-order valence-electron chi connectivity index (χ0n) is 15.0. The molecule has 2 saturated carbocycles. The van der Waals surface area contributed by atoms with Crippen molar-refractivity contribution in [3.8, 4) is 11.4 Å². The first kappa shape index (κ1) is 16.9. The van der Waals surface area contributed by atoms with Crippen molar-refractivity contribution in [2.75, 3.05) is 6.54 Å². The zero-order chi connectivity index (χ0) is 18.1. The Labute approximate surface area is 153 Å². The van der Waals surface area contributed by atoms with Crippen LogP contribution in [0.5, 0.6) is 0 Å². The number of Topliss-reactive ketones (excluding diaryl/α,β-unsaturated/α-hetero) is 1. The van der Waals surface area contributed by atoms with Gasteiger partial charge in [0.25, 0.3) is 0 Å². The van der Waals surface area contributed by atoms with Crippen molar-refractivity contribution in [2.24, 2.45) is 24.8 Å². The maximum absolute atomic E-state index is 12.5. The minimum absolute atomic E-state index is 0.00965. The first-order valence-corrected chi connectivity index (χ1v) is 9.38. The van der Waals surface area contributed by atoms with Crippen molar-refractivity contribution in [1.29, 1.82) is 0 Å². The summed E-state index contributed by atoms with van der Waals surface area (Å²) in [5.74, 6) is 2.39. The van der Waals surface area contributed by atoms with Crippen molar-refractivity contribution >= 4 is 11.7 Å². The van der Waals surface area contributed by atoms with E-state index in [9.17, 15) is 9.59 Å². The monoisotopic (exact) mass is 352 g/mol. The van der Waals surface area contributed by atoms with Gasteiger partial charge >= 0.3 is 0 Å². The van der Waals surface area contributed by atoms with Crippen LogP contribution in [0.3, 0.4) is 0 Å². The van der Waals surface area contributed by atoms with E-state index >= 15 is 0 Å². The molecule has 6 nitrogen and oxygen atoms in total. The van der Waals surface area contributed by atoms with E-state index in [4.69, 9.17) is 0 Å². The minimum Gasteiger partial charge on any atom is -0.355 e. The third-order valence-electron chi connectivity index (χ3n) is 5.82. The van der Waals surface area contributed by atoms with Gasteiger partial charge in [-0.2, -0.15) is 0 Å². The largest absolute Gasteiger partial charge is 0.355 e. The molecule has 2 aliphatic carbocycles. The number of ketones is 1. The number of hydrogen-bond acceptors (Lipinski definition) is 4. The van der Waals surface area contributed by atoms with E-state index in [1.54, 1.807) is 0 Å². The molecule has 1 amide bonds. The Morgan fingerprint density at radius 1 is 1.15 bits per heavy atom. The molecule has 0 radical (unpaired) electrons. The van der Waals surface area contributed by atoms with E-state index in [2.05, 4.69) is 15.5 Å². The molecule has 1 aromatic heterocycles. The van der Waals surface area contributed by atoms with Gasteiger partial charge in [0.2, 0.25) is 5.91 Å². The molecular weight excluding hydrogens is 328 g/mol. The van der Waals surface area contributed by atoms with Crippen LogP contribution in [0.4, 0.5) is 0 Å². The number of amides is 1. The van der Waals surface area contributed by atoms with Gasteiger partial charge in [-0.25, -0.2) is 0 Å². The average molecular weight is 352 g/mol. The van der Waals surface area contributed by atoms with Crippen molar-refractivity contribution in [3.63, 3.8) is 0 Å². The number of hydrogen-bond donors (Lipinski definition) is 1. The van der Waals surface area contributed by atoms with E-state index in [1.807, 2.05) is 41.9 Å². The van der Waals surface area contributed by atoms with Crippen LogP contribution in [0, 0.1) is 17.8 Å². The summed E-state index contributed by atoms with van der Waals surface area (Å²) in [4.78, 5) is 24.4. The standard InChI is InChI=1S/C20H24N4O2/c1-24-17(22-23-19(24)13-5-3-2-4-6-13)9-10-21-20(26)16-11-14-7-8-15(12-16)18(14)25/h2-6,14-16H,7-12H2,1H3,(H,21,26)/t14-,15+,16?. The Kier molecular flexibility index (Phi) is 4.57. The van der Waals surface area contributed by atoms with Crippen molar-refractivity contribution in [2.45, 2.75) is 32.1 Å². The lowest BCUT2D eigenvalue weighted by Gasteiger charge is -2.25. The molecule has 0 saturated heterocycles. The van der Waals surface area contributed by atoms with E-state index in [0.717, 1.165) is 42.9 Å². The number of fused-ring (bicyclic) bond motifs is 2. The van der Waals surface area contributed by atoms with E-state index in [1.165, 1.54) is 0 Å². The summed E-state index contributed by atoms with van der Waals surface area (Å²) >= 11 is 0. The number of nitrogens with zero attached hydrogens (tertiary/aromatic N) is 3. The molecule has 1 heterocycles. The fourth-order valence-corrected chi connectivity index (χ4v) is 4.35. The van der Waals surface area contributed by atoms with Crippen LogP contribution in [0.2, 0.25) is 0 Å². The van der Waals surface area contributed by atoms with Crippen LogP contribution >= 0.6 is 0 Å². The SMILES string of the molecule is Cn1c(CCNC(=O)C2C[C@H]3CC[C@@H](C2)C3=O)nnc1-c1ccccc1. The van der Waals surface area contributed by atoms with Gasteiger partial charge in [0.15, 0.2) is 5.82 Å². The second kappa shape index (κ2) is 7.02. The van der Waals surface area contributed by atoms with Gasteiger partial charge in [-0.3, -0.25) is 9.59 Å². The van der Waals surface area contributed by atoms with Gasteiger partial charge in [-0.05, 0) is 25.7 Å². The Hall–Kier alpha value is -2.50. The van der Waals surface area contributed by atoms with Crippen LogP contribution in [-0.2, 0) is 23.1 Å². The molecule has 6 heteroatoms. The fraction of sp³-hybridized carbons (Fsp3) is 0.500. The number of rotatable bonds is 5. The molecule has 1 aromatic carbocycles. The lowest BCUT2D eigenvalue weighted by Crippen LogP contribution is -2.38. The maximum atomic E-state index is 12.5. The summed E-state index contributed by atoms with van der Waals surface area (Å²) < 4.78 is 1.97. The molecule has 1 unspecified atom stereocenters. The molecule has 3 atom stereocenters. The Balaban J connectivity index is 1.32. The minimum atomic E-state index is -0.00965. The predicted molar refractivity (Wildman–Crippen MR) is 97.1 cm³/mol. The highest BCUT2D eigenvalue weighted by atomic mass is 16.2. The van der Waals surface area contributed by atoms with Gasteiger partial charge in [0.1, 0.15) is 11.6 Å². The van der Waals surface area contributed by atoms with Crippen LogP contribution in [0.25, 0.3) is 11.4 Å².